The van der Waals surface area contributed by atoms with Crippen molar-refractivity contribution >= 4 is 17.5 Å². The minimum atomic E-state index is -1.07. The molecule has 4 aromatic carbocycles. The van der Waals surface area contributed by atoms with Crippen LogP contribution >= 0.6 is 0 Å². The maximum absolute atomic E-state index is 12.0. The van der Waals surface area contributed by atoms with E-state index in [4.69, 9.17) is 11.1 Å². The van der Waals surface area contributed by atoms with Crippen LogP contribution in [0.3, 0.4) is 0 Å². The first-order chi connectivity index (χ1) is 17.8. The average molecular weight is 487 g/mol. The molecule has 37 heavy (non-hydrogen) atoms. The van der Waals surface area contributed by atoms with Crippen molar-refractivity contribution in [2.45, 2.75) is 24.8 Å². The molecule has 0 radical (unpaired) electrons. The summed E-state index contributed by atoms with van der Waals surface area (Å²) in [6, 6.07) is 30.8. The molecule has 1 aliphatic rings. The van der Waals surface area contributed by atoms with Crippen LogP contribution in [-0.4, -0.2) is 16.9 Å². The van der Waals surface area contributed by atoms with Crippen LogP contribution in [0.2, 0.25) is 0 Å². The normalized spacial score (nSPS) is 18.2. The molecule has 0 saturated heterocycles. The smallest absolute Gasteiger partial charge is 0.336 e. The number of anilines is 1. The van der Waals surface area contributed by atoms with Gasteiger partial charge < -0.3 is 16.2 Å². The number of benzene rings is 4. The number of fused-ring (bicyclic) bond motifs is 1. The molecule has 1 heterocycles. The Morgan fingerprint density at radius 2 is 1.84 bits per heavy atom. The quantitative estimate of drug-likeness (QED) is 0.201. The molecule has 182 valence electrons. The van der Waals surface area contributed by atoms with E-state index in [2.05, 4.69) is 24.4 Å². The summed E-state index contributed by atoms with van der Waals surface area (Å²) in [6.07, 6.45) is 0.744. The van der Waals surface area contributed by atoms with Crippen molar-refractivity contribution in [1.29, 1.82) is 10.7 Å². The van der Waals surface area contributed by atoms with Crippen LogP contribution in [0.15, 0.2) is 91.0 Å². The van der Waals surface area contributed by atoms with E-state index in [-0.39, 0.29) is 22.9 Å². The highest BCUT2D eigenvalue weighted by molar-refractivity contribution is 5.97. The summed E-state index contributed by atoms with van der Waals surface area (Å²) in [7, 11) is 0. The Morgan fingerprint density at radius 1 is 1.05 bits per heavy atom. The Balaban J connectivity index is 1.61. The summed E-state index contributed by atoms with van der Waals surface area (Å²) in [5, 5.41) is 30.6. The van der Waals surface area contributed by atoms with Crippen LogP contribution in [0.25, 0.3) is 11.1 Å². The Bertz CT molecular complexity index is 1570. The number of amidine groups is 1. The van der Waals surface area contributed by atoms with Crippen molar-refractivity contribution in [1.82, 2.24) is 0 Å². The number of carbonyl (C=O) groups is 1. The number of nitrogen functional groups attached to an aromatic ring is 1. The van der Waals surface area contributed by atoms with Gasteiger partial charge in [-0.15, -0.1) is 0 Å². The van der Waals surface area contributed by atoms with Crippen LogP contribution in [-0.2, 0) is 5.41 Å². The Hall–Kier alpha value is -4.89. The highest BCUT2D eigenvalue weighted by Gasteiger charge is 2.39. The van der Waals surface area contributed by atoms with Gasteiger partial charge in [0.05, 0.1) is 23.2 Å². The molecular weight excluding hydrogens is 460 g/mol. The van der Waals surface area contributed by atoms with Crippen molar-refractivity contribution < 1.29 is 9.90 Å². The molecule has 6 heteroatoms. The van der Waals surface area contributed by atoms with Crippen molar-refractivity contribution in [3.63, 3.8) is 0 Å². The molecule has 0 aromatic heterocycles. The lowest BCUT2D eigenvalue weighted by Gasteiger charge is -2.42. The van der Waals surface area contributed by atoms with Crippen LogP contribution in [0.4, 0.5) is 5.69 Å². The second-order valence-corrected chi connectivity index (χ2v) is 9.58. The second-order valence-electron chi connectivity index (χ2n) is 9.58. The fourth-order valence-corrected chi connectivity index (χ4v) is 5.30. The predicted octanol–water partition coefficient (Wildman–Crippen LogP) is 6.07. The molecule has 1 aliphatic heterocycles. The largest absolute Gasteiger partial charge is 0.478 e. The van der Waals surface area contributed by atoms with Gasteiger partial charge in [-0.1, -0.05) is 61.5 Å². The van der Waals surface area contributed by atoms with E-state index in [1.54, 1.807) is 12.1 Å². The van der Waals surface area contributed by atoms with E-state index in [0.29, 0.717) is 16.7 Å². The van der Waals surface area contributed by atoms with Crippen molar-refractivity contribution in [3.05, 3.63) is 124 Å². The zero-order chi connectivity index (χ0) is 26.2. The van der Waals surface area contributed by atoms with Crippen LogP contribution in [0, 0.1) is 16.7 Å². The van der Waals surface area contributed by atoms with Crippen molar-refractivity contribution in [3.8, 4) is 17.2 Å². The van der Waals surface area contributed by atoms with Gasteiger partial charge in [-0.2, -0.15) is 5.26 Å². The van der Waals surface area contributed by atoms with Gasteiger partial charge >= 0.3 is 5.97 Å². The number of rotatable bonds is 5. The summed E-state index contributed by atoms with van der Waals surface area (Å²) in [5.41, 5.74) is 12.2. The first kappa shape index (κ1) is 23.8. The van der Waals surface area contributed by atoms with E-state index >= 15 is 0 Å². The zero-order valence-corrected chi connectivity index (χ0v) is 20.3. The Kier molecular flexibility index (Phi) is 5.98. The third kappa shape index (κ3) is 4.32. The molecule has 2 atom stereocenters. The number of nitrogens with one attached hydrogen (secondary N) is 2. The number of carboxylic acid groups (broad SMARTS) is 1. The monoisotopic (exact) mass is 486 g/mol. The van der Waals surface area contributed by atoms with Gasteiger partial charge in [-0.25, -0.2) is 4.79 Å². The van der Waals surface area contributed by atoms with E-state index in [1.165, 1.54) is 11.6 Å². The van der Waals surface area contributed by atoms with Gasteiger partial charge in [0, 0.05) is 16.7 Å². The van der Waals surface area contributed by atoms with E-state index < -0.39 is 5.97 Å². The predicted molar refractivity (Wildman–Crippen MR) is 145 cm³/mol. The molecule has 0 bridgehead atoms. The molecule has 0 fully saturated rings. The number of hydrogen-bond acceptors (Lipinski definition) is 4. The number of carboxylic acids is 1. The zero-order valence-electron chi connectivity index (χ0n) is 20.3. The molecule has 0 saturated carbocycles. The third-order valence-corrected chi connectivity index (χ3v) is 7.26. The van der Waals surface area contributed by atoms with Crippen LogP contribution in [0.1, 0.15) is 57.6 Å². The van der Waals surface area contributed by atoms with Gasteiger partial charge in [0.1, 0.15) is 5.84 Å². The third-order valence-electron chi connectivity index (χ3n) is 7.26. The molecule has 6 nitrogen and oxygen atoms in total. The number of hydrogen-bond donors (Lipinski definition) is 4. The van der Waals surface area contributed by atoms with Crippen molar-refractivity contribution in [2.24, 2.45) is 5.73 Å². The first-order valence-electron chi connectivity index (χ1n) is 12.0. The number of nitriles is 1. The number of nitrogens with zero attached hydrogens (tertiary/aromatic N) is 1. The second kappa shape index (κ2) is 9.29. The van der Waals surface area contributed by atoms with E-state index in [1.807, 2.05) is 66.7 Å². The Labute approximate surface area is 215 Å². The van der Waals surface area contributed by atoms with Gasteiger partial charge in [0.25, 0.3) is 0 Å². The molecule has 5 N–H and O–H groups in total. The summed E-state index contributed by atoms with van der Waals surface area (Å²) in [5.74, 6) is -1.04. The number of nitrogens with two attached hydrogens (primary N) is 1. The maximum Gasteiger partial charge on any atom is 0.336 e. The van der Waals surface area contributed by atoms with Crippen LogP contribution in [0.5, 0.6) is 0 Å². The maximum atomic E-state index is 12.0. The molecule has 5 rings (SSSR count). The van der Waals surface area contributed by atoms with Gasteiger partial charge in [-0.3, -0.25) is 5.41 Å². The van der Waals surface area contributed by atoms with Crippen LogP contribution < -0.4 is 11.1 Å². The topological polar surface area (TPSA) is 123 Å². The van der Waals surface area contributed by atoms with Gasteiger partial charge in [0.15, 0.2) is 0 Å². The number of aromatic carboxylic acids is 1. The molecule has 0 amide bonds. The molecule has 4 aromatic rings. The molecular formula is C31H26N4O2. The summed E-state index contributed by atoms with van der Waals surface area (Å²) in [4.78, 5) is 12.0. The lowest BCUT2D eigenvalue weighted by atomic mass is 9.68. The molecule has 0 unspecified atom stereocenters. The van der Waals surface area contributed by atoms with Gasteiger partial charge in [0.2, 0.25) is 0 Å². The molecule has 0 aliphatic carbocycles. The van der Waals surface area contributed by atoms with E-state index in [0.717, 1.165) is 28.8 Å². The van der Waals surface area contributed by atoms with Crippen molar-refractivity contribution in [2.75, 3.05) is 5.32 Å². The van der Waals surface area contributed by atoms with Gasteiger partial charge in [-0.05, 0) is 70.6 Å². The highest BCUT2D eigenvalue weighted by atomic mass is 16.4. The molecule has 0 spiro atoms. The highest BCUT2D eigenvalue weighted by Crippen LogP contribution is 2.48. The summed E-state index contributed by atoms with van der Waals surface area (Å²) in [6.45, 7) is 2.21. The average Bonchev–Trinajstić information content (AvgIpc) is 2.93. The lowest BCUT2D eigenvalue weighted by molar-refractivity contribution is 0.0697. The SMILES string of the molecule is C[C@]1(c2ccccc2)C[C@@H](c2cccc(-c3ccc(C#N)cc3C(=O)O)c2)Nc2ccc(C(=N)N)cc21. The van der Waals surface area contributed by atoms with E-state index in [9.17, 15) is 15.2 Å². The fraction of sp³-hybridized carbons (Fsp3) is 0.129. The first-order valence-corrected chi connectivity index (χ1v) is 12.0. The standard InChI is InChI=1S/C31H26N4O2/c1-31(23-8-3-2-4-9-23)17-28(35-27-13-11-22(29(33)34)16-26(27)31)21-7-5-6-20(15-21)24-12-10-19(18-32)14-25(24)30(36)37/h2-16,28,35H,17H2,1H3,(H3,33,34)(H,36,37)/t28-,31+/m0/s1. The minimum absolute atomic E-state index is 0.0321. The minimum Gasteiger partial charge on any atom is -0.478 e. The lowest BCUT2D eigenvalue weighted by Crippen LogP contribution is -2.35. The summed E-state index contributed by atoms with van der Waals surface area (Å²) < 4.78 is 0. The fourth-order valence-electron chi connectivity index (χ4n) is 5.30. The Morgan fingerprint density at radius 3 is 2.54 bits per heavy atom. The summed E-state index contributed by atoms with van der Waals surface area (Å²) >= 11 is 0.